The molecule has 1 N–H and O–H groups in total. The minimum Gasteiger partial charge on any atom is -0.372 e. The van der Waals surface area contributed by atoms with Crippen molar-refractivity contribution in [2.45, 2.75) is 4.34 Å². The molecular formula is C4H5N2S2. The summed E-state index contributed by atoms with van der Waals surface area (Å²) in [6.45, 7) is 0. The fourth-order valence-electron chi connectivity index (χ4n) is 0.372. The Bertz CT molecular complexity index is 172. The lowest BCUT2D eigenvalue weighted by Crippen LogP contribution is -1.85. The Labute approximate surface area is 57.4 Å². The average molecular weight is 145 g/mol. The summed E-state index contributed by atoms with van der Waals surface area (Å²) in [6.07, 6.45) is 0. The monoisotopic (exact) mass is 145 g/mol. The SMILES string of the molecule is CNc1csc([S])n1. The molecule has 0 aliphatic carbocycles. The van der Waals surface area contributed by atoms with Crippen LogP contribution in [0, 0.1) is 0 Å². The predicted molar refractivity (Wildman–Crippen MR) is 37.5 cm³/mol. The Morgan fingerprint density at radius 3 is 2.88 bits per heavy atom. The van der Waals surface area contributed by atoms with E-state index in [2.05, 4.69) is 10.3 Å². The van der Waals surface area contributed by atoms with E-state index in [4.69, 9.17) is 12.6 Å². The summed E-state index contributed by atoms with van der Waals surface area (Å²) in [5, 5.41) is 4.77. The van der Waals surface area contributed by atoms with Crippen molar-refractivity contribution in [1.29, 1.82) is 0 Å². The zero-order valence-corrected chi connectivity index (χ0v) is 5.97. The first-order valence-electron chi connectivity index (χ1n) is 2.13. The highest BCUT2D eigenvalue weighted by Crippen LogP contribution is 2.15. The van der Waals surface area contributed by atoms with Gasteiger partial charge in [0.05, 0.1) is 0 Å². The van der Waals surface area contributed by atoms with Gasteiger partial charge in [-0.05, 0) is 12.6 Å². The Morgan fingerprint density at radius 2 is 2.62 bits per heavy atom. The largest absolute Gasteiger partial charge is 0.372 e. The van der Waals surface area contributed by atoms with Gasteiger partial charge in [0, 0.05) is 12.4 Å². The van der Waals surface area contributed by atoms with E-state index in [0.29, 0.717) is 4.34 Å². The van der Waals surface area contributed by atoms with Crippen molar-refractivity contribution >= 4 is 29.8 Å². The van der Waals surface area contributed by atoms with Crippen LogP contribution in [0.2, 0.25) is 0 Å². The van der Waals surface area contributed by atoms with Gasteiger partial charge in [-0.3, -0.25) is 0 Å². The second-order valence-corrected chi connectivity index (χ2v) is 2.75. The van der Waals surface area contributed by atoms with Crippen LogP contribution in [0.5, 0.6) is 0 Å². The maximum absolute atomic E-state index is 4.77. The van der Waals surface area contributed by atoms with Gasteiger partial charge in [0.1, 0.15) is 5.82 Å². The van der Waals surface area contributed by atoms with Gasteiger partial charge in [0.2, 0.25) is 0 Å². The van der Waals surface area contributed by atoms with Crippen LogP contribution in [-0.4, -0.2) is 12.0 Å². The summed E-state index contributed by atoms with van der Waals surface area (Å²) in [5.74, 6) is 0.861. The highest BCUT2D eigenvalue weighted by atomic mass is 32.2. The first kappa shape index (κ1) is 5.78. The first-order chi connectivity index (χ1) is 3.83. The lowest BCUT2D eigenvalue weighted by molar-refractivity contribution is 1.24. The Kier molecular flexibility index (Phi) is 1.65. The molecule has 0 bridgehead atoms. The van der Waals surface area contributed by atoms with Crippen LogP contribution in [0.4, 0.5) is 5.82 Å². The third kappa shape index (κ3) is 1.08. The maximum atomic E-state index is 4.77. The maximum Gasteiger partial charge on any atom is 0.182 e. The molecular weight excluding hydrogens is 140 g/mol. The molecule has 0 atom stereocenters. The van der Waals surface area contributed by atoms with Gasteiger partial charge in [-0.1, -0.05) is 0 Å². The average Bonchev–Trinajstić information content (AvgIpc) is 2.14. The molecule has 0 fully saturated rings. The van der Waals surface area contributed by atoms with Gasteiger partial charge in [-0.2, -0.15) is 0 Å². The Balaban J connectivity index is 2.84. The number of anilines is 1. The molecule has 0 saturated heterocycles. The highest BCUT2D eigenvalue weighted by Gasteiger charge is 1.92. The van der Waals surface area contributed by atoms with E-state index in [9.17, 15) is 0 Å². The minimum atomic E-state index is 0.689. The molecule has 4 heteroatoms. The summed E-state index contributed by atoms with van der Waals surface area (Å²) < 4.78 is 0.689. The topological polar surface area (TPSA) is 24.9 Å². The van der Waals surface area contributed by atoms with Crippen LogP contribution < -0.4 is 5.32 Å². The first-order valence-corrected chi connectivity index (χ1v) is 3.42. The molecule has 8 heavy (non-hydrogen) atoms. The predicted octanol–water partition coefficient (Wildman–Crippen LogP) is 1.74. The van der Waals surface area contributed by atoms with E-state index >= 15 is 0 Å². The van der Waals surface area contributed by atoms with Crippen molar-refractivity contribution in [1.82, 2.24) is 4.98 Å². The van der Waals surface area contributed by atoms with Gasteiger partial charge in [0.15, 0.2) is 4.34 Å². The fourth-order valence-corrected chi connectivity index (χ4v) is 1.15. The fraction of sp³-hybridized carbons (Fsp3) is 0.250. The molecule has 0 saturated carbocycles. The van der Waals surface area contributed by atoms with Crippen molar-refractivity contribution in [2.24, 2.45) is 0 Å². The second kappa shape index (κ2) is 2.28. The molecule has 0 aliphatic rings. The number of nitrogens with one attached hydrogen (secondary N) is 1. The van der Waals surface area contributed by atoms with Gasteiger partial charge in [-0.25, -0.2) is 4.98 Å². The van der Waals surface area contributed by atoms with Crippen LogP contribution in [0.25, 0.3) is 0 Å². The van der Waals surface area contributed by atoms with Crippen LogP contribution in [-0.2, 0) is 0 Å². The van der Waals surface area contributed by atoms with Crippen LogP contribution in [0.3, 0.4) is 0 Å². The summed E-state index contributed by atoms with van der Waals surface area (Å²) in [5.41, 5.74) is 0. The molecule has 1 heterocycles. The molecule has 1 radical (unpaired) electrons. The lowest BCUT2D eigenvalue weighted by Gasteiger charge is -1.85. The van der Waals surface area contributed by atoms with Gasteiger partial charge >= 0.3 is 0 Å². The molecule has 1 aromatic rings. The standard InChI is InChI=1S/C4H5N2S2/c1-5-3-2-8-4(7)6-3/h2,5H,1H3. The molecule has 1 rings (SSSR count). The number of thiazole rings is 1. The third-order valence-electron chi connectivity index (χ3n) is 0.739. The quantitative estimate of drug-likeness (QED) is 0.651. The van der Waals surface area contributed by atoms with Crippen molar-refractivity contribution in [2.75, 3.05) is 12.4 Å². The Hall–Kier alpha value is -0.350. The minimum absolute atomic E-state index is 0.689. The van der Waals surface area contributed by atoms with E-state index in [1.807, 2.05) is 12.4 Å². The number of hydrogen-bond acceptors (Lipinski definition) is 3. The van der Waals surface area contributed by atoms with E-state index in [0.717, 1.165) is 5.82 Å². The van der Waals surface area contributed by atoms with Gasteiger partial charge < -0.3 is 5.32 Å². The molecule has 2 nitrogen and oxygen atoms in total. The van der Waals surface area contributed by atoms with Crippen molar-refractivity contribution in [3.8, 4) is 0 Å². The van der Waals surface area contributed by atoms with Crippen LogP contribution >= 0.6 is 24.0 Å². The summed E-state index contributed by atoms with van der Waals surface area (Å²) in [6, 6.07) is 0. The van der Waals surface area contributed by atoms with E-state index < -0.39 is 0 Å². The molecule has 0 spiro atoms. The van der Waals surface area contributed by atoms with Crippen molar-refractivity contribution < 1.29 is 0 Å². The van der Waals surface area contributed by atoms with Gasteiger partial charge in [-0.15, -0.1) is 11.3 Å². The molecule has 0 amide bonds. The second-order valence-electron chi connectivity index (χ2n) is 1.25. The van der Waals surface area contributed by atoms with E-state index in [-0.39, 0.29) is 0 Å². The lowest BCUT2D eigenvalue weighted by atomic mass is 10.8. The van der Waals surface area contributed by atoms with Gasteiger partial charge in [0.25, 0.3) is 0 Å². The third-order valence-corrected chi connectivity index (χ3v) is 1.75. The smallest absolute Gasteiger partial charge is 0.182 e. The molecule has 0 aliphatic heterocycles. The highest BCUT2D eigenvalue weighted by molar-refractivity contribution is 7.82. The van der Waals surface area contributed by atoms with Crippen molar-refractivity contribution in [3.05, 3.63) is 5.38 Å². The number of hydrogen-bond donors (Lipinski definition) is 1. The zero-order chi connectivity index (χ0) is 5.98. The van der Waals surface area contributed by atoms with Crippen LogP contribution in [0.15, 0.2) is 9.72 Å². The summed E-state index contributed by atoms with van der Waals surface area (Å²) in [4.78, 5) is 3.95. The molecule has 0 aromatic carbocycles. The number of aromatic nitrogens is 1. The number of nitrogens with zero attached hydrogens (tertiary/aromatic N) is 1. The molecule has 43 valence electrons. The normalized spacial score (nSPS) is 9.12. The number of rotatable bonds is 1. The zero-order valence-electron chi connectivity index (χ0n) is 4.34. The van der Waals surface area contributed by atoms with Crippen molar-refractivity contribution in [3.63, 3.8) is 0 Å². The Morgan fingerprint density at radius 1 is 1.88 bits per heavy atom. The summed E-state index contributed by atoms with van der Waals surface area (Å²) in [7, 11) is 1.82. The molecule has 1 aromatic heterocycles. The molecule has 0 unspecified atom stereocenters. The van der Waals surface area contributed by atoms with E-state index in [1.165, 1.54) is 11.3 Å². The summed E-state index contributed by atoms with van der Waals surface area (Å²) >= 11 is 6.24. The van der Waals surface area contributed by atoms with E-state index in [1.54, 1.807) is 0 Å². The van der Waals surface area contributed by atoms with Crippen LogP contribution in [0.1, 0.15) is 0 Å².